The van der Waals surface area contributed by atoms with Gasteiger partial charge in [0.05, 0.1) is 0 Å². The zero-order valence-corrected chi connectivity index (χ0v) is 13.7. The maximum absolute atomic E-state index is 5.56. The Balaban J connectivity index is 1.49. The van der Waals surface area contributed by atoms with E-state index in [0.717, 1.165) is 25.0 Å². The smallest absolute Gasteiger partial charge is 0.0469 e. The molecule has 1 spiro atoms. The Bertz CT molecular complexity index is 369. The highest BCUT2D eigenvalue weighted by atomic mass is 16.5. The summed E-state index contributed by atoms with van der Waals surface area (Å²) in [6.45, 7) is 8.32. The monoisotopic (exact) mass is 292 g/mol. The molecule has 0 aromatic heterocycles. The molecule has 2 aliphatic heterocycles. The van der Waals surface area contributed by atoms with Crippen molar-refractivity contribution in [1.29, 1.82) is 0 Å². The first-order chi connectivity index (χ1) is 10.2. The minimum Gasteiger partial charge on any atom is -0.381 e. The summed E-state index contributed by atoms with van der Waals surface area (Å²) >= 11 is 0. The van der Waals surface area contributed by atoms with Gasteiger partial charge in [0.2, 0.25) is 0 Å². The Morgan fingerprint density at radius 1 is 1.10 bits per heavy atom. The van der Waals surface area contributed by atoms with Crippen LogP contribution in [-0.2, 0) is 4.74 Å². The number of nitrogens with one attached hydrogen (secondary N) is 1. The molecule has 3 nitrogen and oxygen atoms in total. The van der Waals surface area contributed by atoms with Gasteiger partial charge < -0.3 is 10.1 Å². The van der Waals surface area contributed by atoms with E-state index in [2.05, 4.69) is 17.1 Å². The van der Waals surface area contributed by atoms with E-state index in [1.54, 1.807) is 0 Å². The Morgan fingerprint density at radius 2 is 1.81 bits per heavy atom. The number of hydrogen-bond donors (Lipinski definition) is 1. The summed E-state index contributed by atoms with van der Waals surface area (Å²) in [6, 6.07) is 0. The molecule has 1 N–H and O–H groups in total. The molecule has 2 heterocycles. The lowest BCUT2D eigenvalue weighted by molar-refractivity contribution is -0.0226. The highest BCUT2D eigenvalue weighted by molar-refractivity contribution is 5.10. The summed E-state index contributed by atoms with van der Waals surface area (Å²) < 4.78 is 5.56. The van der Waals surface area contributed by atoms with Crippen molar-refractivity contribution in [2.75, 3.05) is 32.8 Å². The molecule has 21 heavy (non-hydrogen) atoms. The third kappa shape index (κ3) is 2.77. The molecule has 2 aliphatic carbocycles. The first-order valence-electron chi connectivity index (χ1n) is 9.28. The summed E-state index contributed by atoms with van der Waals surface area (Å²) in [7, 11) is 0. The van der Waals surface area contributed by atoms with E-state index in [1.165, 1.54) is 71.0 Å². The van der Waals surface area contributed by atoms with Crippen molar-refractivity contribution in [3.63, 3.8) is 0 Å². The second-order valence-electron chi connectivity index (χ2n) is 8.41. The topological polar surface area (TPSA) is 24.5 Å². The SMILES string of the molecule is CC1(C2CC2)CN(CC2CCOCC2)C2(CCCC2)CN1. The van der Waals surface area contributed by atoms with Crippen LogP contribution in [-0.4, -0.2) is 48.8 Å². The predicted octanol–water partition coefficient (Wildman–Crippen LogP) is 2.80. The minimum atomic E-state index is 0.388. The third-order valence-corrected chi connectivity index (χ3v) is 6.84. The highest BCUT2D eigenvalue weighted by Crippen LogP contribution is 2.46. The van der Waals surface area contributed by atoms with E-state index in [1.807, 2.05) is 0 Å². The molecule has 2 saturated carbocycles. The van der Waals surface area contributed by atoms with Crippen molar-refractivity contribution < 1.29 is 4.74 Å². The molecule has 1 unspecified atom stereocenters. The van der Waals surface area contributed by atoms with Crippen LogP contribution in [0.1, 0.15) is 58.3 Å². The Hall–Kier alpha value is -0.120. The quantitative estimate of drug-likeness (QED) is 0.865. The normalized spacial score (nSPS) is 38.1. The number of rotatable bonds is 3. The minimum absolute atomic E-state index is 0.388. The largest absolute Gasteiger partial charge is 0.381 e. The van der Waals surface area contributed by atoms with Crippen molar-refractivity contribution >= 4 is 0 Å². The third-order valence-electron chi connectivity index (χ3n) is 6.84. The molecule has 3 heteroatoms. The average molecular weight is 292 g/mol. The highest BCUT2D eigenvalue weighted by Gasteiger charge is 2.51. The van der Waals surface area contributed by atoms with Gasteiger partial charge in [-0.2, -0.15) is 0 Å². The van der Waals surface area contributed by atoms with Gasteiger partial charge in [0.25, 0.3) is 0 Å². The molecule has 4 aliphatic rings. The van der Waals surface area contributed by atoms with Crippen LogP contribution in [0.2, 0.25) is 0 Å². The standard InChI is InChI=1S/C18H32N2O/c1-17(16-4-5-16)14-20(12-15-6-10-21-11-7-15)18(13-19-17)8-2-3-9-18/h15-16,19H,2-14H2,1H3. The fourth-order valence-electron chi connectivity index (χ4n) is 5.12. The summed E-state index contributed by atoms with van der Waals surface area (Å²) in [6.07, 6.45) is 11.2. The van der Waals surface area contributed by atoms with Gasteiger partial charge >= 0.3 is 0 Å². The van der Waals surface area contributed by atoms with E-state index in [-0.39, 0.29) is 0 Å². The number of hydrogen-bond acceptors (Lipinski definition) is 3. The van der Waals surface area contributed by atoms with Gasteiger partial charge in [-0.1, -0.05) is 12.8 Å². The van der Waals surface area contributed by atoms with Crippen LogP contribution < -0.4 is 5.32 Å². The lowest BCUT2D eigenvalue weighted by Crippen LogP contribution is -2.69. The van der Waals surface area contributed by atoms with E-state index in [4.69, 9.17) is 4.74 Å². The van der Waals surface area contributed by atoms with Crippen LogP contribution in [0.4, 0.5) is 0 Å². The van der Waals surface area contributed by atoms with E-state index < -0.39 is 0 Å². The molecule has 2 saturated heterocycles. The number of ether oxygens (including phenoxy) is 1. The maximum Gasteiger partial charge on any atom is 0.0469 e. The van der Waals surface area contributed by atoms with Gasteiger partial charge in [0.1, 0.15) is 0 Å². The summed E-state index contributed by atoms with van der Waals surface area (Å²) in [4.78, 5) is 2.94. The molecule has 0 radical (unpaired) electrons. The number of nitrogens with zero attached hydrogens (tertiary/aromatic N) is 1. The van der Waals surface area contributed by atoms with Crippen LogP contribution >= 0.6 is 0 Å². The molecule has 0 aromatic carbocycles. The van der Waals surface area contributed by atoms with Crippen LogP contribution in [0.25, 0.3) is 0 Å². The molecule has 120 valence electrons. The Labute approximate surface area is 129 Å². The van der Waals surface area contributed by atoms with Crippen molar-refractivity contribution in [3.8, 4) is 0 Å². The summed E-state index contributed by atoms with van der Waals surface area (Å²) in [5.74, 6) is 1.81. The first-order valence-corrected chi connectivity index (χ1v) is 9.28. The van der Waals surface area contributed by atoms with Crippen LogP contribution in [0, 0.1) is 11.8 Å². The molecule has 4 rings (SSSR count). The maximum atomic E-state index is 5.56. The lowest BCUT2D eigenvalue weighted by atomic mass is 9.82. The van der Waals surface area contributed by atoms with E-state index in [9.17, 15) is 0 Å². The predicted molar refractivity (Wildman–Crippen MR) is 85.4 cm³/mol. The van der Waals surface area contributed by atoms with Gasteiger partial charge in [-0.25, -0.2) is 0 Å². The van der Waals surface area contributed by atoms with Gasteiger partial charge in [0.15, 0.2) is 0 Å². The van der Waals surface area contributed by atoms with Gasteiger partial charge in [0, 0.05) is 43.9 Å². The van der Waals surface area contributed by atoms with Crippen molar-refractivity contribution in [2.24, 2.45) is 11.8 Å². The van der Waals surface area contributed by atoms with Crippen LogP contribution in [0.15, 0.2) is 0 Å². The molecular formula is C18H32N2O. The fraction of sp³-hybridized carbons (Fsp3) is 1.00. The fourth-order valence-corrected chi connectivity index (χ4v) is 5.12. The molecule has 0 bridgehead atoms. The van der Waals surface area contributed by atoms with Crippen LogP contribution in [0.3, 0.4) is 0 Å². The van der Waals surface area contributed by atoms with Crippen molar-refractivity contribution in [2.45, 2.75) is 69.4 Å². The number of piperazine rings is 1. The molecular weight excluding hydrogens is 260 g/mol. The van der Waals surface area contributed by atoms with Gasteiger partial charge in [-0.3, -0.25) is 4.90 Å². The first kappa shape index (κ1) is 14.5. The molecule has 4 fully saturated rings. The Morgan fingerprint density at radius 3 is 2.48 bits per heavy atom. The molecule has 0 aromatic rings. The zero-order valence-electron chi connectivity index (χ0n) is 13.7. The second kappa shape index (κ2) is 5.50. The van der Waals surface area contributed by atoms with Gasteiger partial charge in [-0.05, 0) is 57.3 Å². The van der Waals surface area contributed by atoms with E-state index >= 15 is 0 Å². The van der Waals surface area contributed by atoms with Crippen molar-refractivity contribution in [1.82, 2.24) is 10.2 Å². The lowest BCUT2D eigenvalue weighted by Gasteiger charge is -2.54. The molecule has 1 atom stereocenters. The summed E-state index contributed by atoms with van der Waals surface area (Å²) in [5.41, 5.74) is 0.881. The van der Waals surface area contributed by atoms with Crippen LogP contribution in [0.5, 0.6) is 0 Å². The summed E-state index contributed by atoms with van der Waals surface area (Å²) in [5, 5.41) is 3.99. The van der Waals surface area contributed by atoms with Crippen molar-refractivity contribution in [3.05, 3.63) is 0 Å². The average Bonchev–Trinajstić information content (AvgIpc) is 3.26. The van der Waals surface area contributed by atoms with E-state index in [0.29, 0.717) is 11.1 Å². The Kier molecular flexibility index (Phi) is 3.79. The molecule has 0 amide bonds. The van der Waals surface area contributed by atoms with Gasteiger partial charge in [-0.15, -0.1) is 0 Å². The zero-order chi connectivity index (χ0) is 14.3. The second-order valence-corrected chi connectivity index (χ2v) is 8.41.